The van der Waals surface area contributed by atoms with Gasteiger partial charge < -0.3 is 72.5 Å². The maximum Gasteiger partial charge on any atom is 0.306 e. The van der Waals surface area contributed by atoms with E-state index >= 15 is 0 Å². The van der Waals surface area contributed by atoms with Crippen molar-refractivity contribution in [3.8, 4) is 0 Å². The Bertz CT molecular complexity index is 5530. The molecule has 1 fully saturated rings. The highest BCUT2D eigenvalue weighted by Gasteiger charge is 2.67. The summed E-state index contributed by atoms with van der Waals surface area (Å²) in [7, 11) is 7.86. The number of aromatic amines is 2. The van der Waals surface area contributed by atoms with Crippen LogP contribution < -0.4 is 5.32 Å². The van der Waals surface area contributed by atoms with Crippen LogP contribution in [0, 0.1) is 59.2 Å². The lowest BCUT2D eigenvalue weighted by atomic mass is 9.56. The second-order valence-electron chi connectivity index (χ2n) is 35.9. The summed E-state index contributed by atoms with van der Waals surface area (Å²) < 4.78 is 62.9. The van der Waals surface area contributed by atoms with Crippen molar-refractivity contribution in [1.82, 2.24) is 40.2 Å². The number of H-pyrrole nitrogens is 2. The molecule has 4 aromatic rings. The number of nitrogens with zero attached hydrogens (tertiary/aromatic N) is 8. The van der Waals surface area contributed by atoms with Gasteiger partial charge in [-0.3, -0.25) is 58.1 Å². The molecule has 130 heavy (non-hydrogen) atoms. The Morgan fingerprint density at radius 2 is 1.09 bits per heavy atom. The van der Waals surface area contributed by atoms with E-state index in [1.807, 2.05) is 120 Å². The van der Waals surface area contributed by atoms with Crippen LogP contribution in [0.2, 0.25) is 0 Å². The number of aliphatic imine (C=N–C) groups is 3. The highest BCUT2D eigenvalue weighted by Crippen LogP contribution is 2.63. The molecule has 16 bridgehead atoms. The van der Waals surface area contributed by atoms with Gasteiger partial charge in [0, 0.05) is 152 Å². The molecule has 0 radical (unpaired) electrons. The lowest BCUT2D eigenvalue weighted by Crippen LogP contribution is -2.58. The number of carbonyl (C=O) groups excluding carboxylic acids is 8. The summed E-state index contributed by atoms with van der Waals surface area (Å²) in [6.07, 6.45) is 8.56. The van der Waals surface area contributed by atoms with Gasteiger partial charge in [0.05, 0.1) is 160 Å². The minimum atomic E-state index is -1.41. The van der Waals surface area contributed by atoms with E-state index in [1.54, 1.807) is 17.0 Å². The first-order valence-corrected chi connectivity index (χ1v) is 44.6. The summed E-state index contributed by atoms with van der Waals surface area (Å²) in [5.74, 6) is -7.55. The number of fused-ring (bicyclic) bond motifs is 14. The maximum absolute atomic E-state index is 15.0. The van der Waals surface area contributed by atoms with Crippen molar-refractivity contribution in [3.63, 3.8) is 0 Å². The Kier molecular flexibility index (Phi) is 32.3. The summed E-state index contributed by atoms with van der Waals surface area (Å²) in [6.45, 7) is 33.9. The molecule has 32 nitrogen and oxygen atoms in total. The molecule has 9 atom stereocenters. The molecular weight excluding hydrogens is 1670 g/mol. The number of hydrogen-bond acceptors (Lipinski definition) is 28. The van der Waals surface area contributed by atoms with E-state index in [0.29, 0.717) is 108 Å². The Hall–Kier alpha value is -11.6. The highest BCUT2D eigenvalue weighted by atomic mass is 16.6. The number of nitrogens with one attached hydrogen (secondary N) is 3. The topological polar surface area (TPSA) is 413 Å². The van der Waals surface area contributed by atoms with Gasteiger partial charge in [0.25, 0.3) is 0 Å². The second-order valence-corrected chi connectivity index (χ2v) is 35.9. The smallest absolute Gasteiger partial charge is 0.306 e. The SMILES string of the molecule is C=CC1=C(C)c2cc3[nH]c(cc4nc(cc5[nH]c(cc1n2)c(C)c5CCC(=O)OCCOCCOCCOCCn1cc(CCCOC(=O)C[C@]2(C)/C5=C(\C)C6=N[C@@](C)(C7N/C(=C(/C)C8=N/C(=C\C(=N5)[C@H]2CCC(=O)OC)C(C)(C)[C@@H]8CCC(=O)OC)[C@](C)(CCC(=O)OC)[C@H]7CC(=O)OC)[C@@](C)(CC(=O)OC)[C@@H]6CCC(=O)OC)nn1)C(CCC(=O)O)=C4C)c(C)c3C=C. The van der Waals surface area contributed by atoms with Crippen LogP contribution in [-0.4, -0.2) is 218 Å². The fraction of sp³-hybridized carbons (Fsp3) is 0.551. The maximum atomic E-state index is 15.0. The summed E-state index contributed by atoms with van der Waals surface area (Å²) in [5, 5.41) is 22.4. The number of aryl methyl sites for hydroxylation is 4. The van der Waals surface area contributed by atoms with Crippen molar-refractivity contribution < 1.29 is 100 Å². The van der Waals surface area contributed by atoms with Gasteiger partial charge in [-0.1, -0.05) is 65.1 Å². The van der Waals surface area contributed by atoms with Crippen LogP contribution in [0.1, 0.15) is 216 Å². The number of carbonyl (C=O) groups is 9. The summed E-state index contributed by atoms with van der Waals surface area (Å²) in [6, 6.07) is 7.07. The van der Waals surface area contributed by atoms with Crippen LogP contribution in [0.5, 0.6) is 0 Å². The van der Waals surface area contributed by atoms with Crippen LogP contribution in [0.15, 0.2) is 99.0 Å². The van der Waals surface area contributed by atoms with Crippen molar-refractivity contribution in [2.24, 2.45) is 60.3 Å². The third kappa shape index (κ3) is 21.2. The molecule has 4 aromatic heterocycles. The summed E-state index contributed by atoms with van der Waals surface area (Å²) in [4.78, 5) is 157. The fourth-order valence-corrected chi connectivity index (χ4v) is 20.1. The number of carboxylic acid groups (broad SMARTS) is 1. The third-order valence-electron chi connectivity index (χ3n) is 28.0. The number of aliphatic carboxylic acids is 1. The first kappa shape index (κ1) is 98.9. The number of carboxylic acids is 1. The van der Waals surface area contributed by atoms with Gasteiger partial charge in [-0.15, -0.1) is 5.10 Å². The van der Waals surface area contributed by atoms with Crippen molar-refractivity contribution >= 4 is 121 Å². The third-order valence-corrected chi connectivity index (χ3v) is 28.0. The molecule has 4 N–H and O–H groups in total. The Balaban J connectivity index is 0.728. The van der Waals surface area contributed by atoms with Crippen LogP contribution in [0.3, 0.4) is 0 Å². The minimum absolute atomic E-state index is 0.00134. The normalized spacial score (nSPS) is 24.0. The summed E-state index contributed by atoms with van der Waals surface area (Å²) in [5.41, 5.74) is 12.5. The van der Waals surface area contributed by atoms with Crippen molar-refractivity contribution in [2.45, 2.75) is 210 Å². The highest BCUT2D eigenvalue weighted by molar-refractivity contribution is 6.10. The van der Waals surface area contributed by atoms with Gasteiger partial charge in [-0.05, 0) is 175 Å². The van der Waals surface area contributed by atoms with E-state index in [0.717, 1.165) is 78.0 Å². The van der Waals surface area contributed by atoms with Crippen LogP contribution in [0.4, 0.5) is 0 Å². The van der Waals surface area contributed by atoms with Gasteiger partial charge >= 0.3 is 53.7 Å². The molecule has 0 aromatic carbocycles. The molecule has 1 saturated heterocycles. The number of aromatic nitrogens is 7. The van der Waals surface area contributed by atoms with Gasteiger partial charge in [-0.25, -0.2) is 14.6 Å². The van der Waals surface area contributed by atoms with Gasteiger partial charge in [0.2, 0.25) is 0 Å². The molecule has 11 rings (SSSR count). The number of allylic oxidation sites excluding steroid dienone is 11. The Labute approximate surface area is 759 Å². The van der Waals surface area contributed by atoms with Crippen LogP contribution >= 0.6 is 0 Å². The molecule has 7 aliphatic rings. The standard InChI is InChI=1S/C98H127N11O21/c1-21-62-55(3)70-47-71-57(5)64(25-30-80(110)111)76(101-71)50-77-65(58(6)73(102-77)49-75-63(22-2)56(4)72(100-75)48-74(62)99-70)26-31-85(116)130-45-44-128-43-42-127-41-40-126-39-37-109-54-61(107-108-109)24-23-38-129-88(119)52-96(12)66(27-32-81(112)120-15)78-51-79-94(9,10)67(28-33-82(113)121-16)89(104-79)59(7)91-95(11,36-35-84(115)123-18)69(46-86(117)124-19)93(105-91)98(14)97(13,53-87(118)125-20)68(29-34-83(114)122-17)90(106-98)60(8)92(96)103-78/h21-22,47-51,54,66-69,93,99,102,105H,1-2,23-46,52-53H2,3-20H3,(H,110,111)/b70-47?,71-47?,72-48?,73-49?,74-48?,75-49?,76-50?,77-50?,79-51-,91-59-,92-60-/t66-,67-,68-,69+,93?,95-,96+,97+,98+/m1/s1. The zero-order valence-electron chi connectivity index (χ0n) is 78.5. The molecule has 0 saturated carbocycles. The number of esters is 8. The molecule has 1 unspecified atom stereocenters. The van der Waals surface area contributed by atoms with E-state index < -0.39 is 111 Å². The average molecular weight is 1800 g/mol. The van der Waals surface area contributed by atoms with E-state index in [4.69, 9.17) is 77.1 Å². The molecule has 32 heteroatoms. The molecule has 11 heterocycles. The number of hydrogen-bond donors (Lipinski definition) is 4. The van der Waals surface area contributed by atoms with Gasteiger partial charge in [0.1, 0.15) is 6.61 Å². The Morgan fingerprint density at radius 3 is 1.73 bits per heavy atom. The van der Waals surface area contributed by atoms with Gasteiger partial charge in [0.15, 0.2) is 0 Å². The monoisotopic (exact) mass is 1790 g/mol. The first-order valence-electron chi connectivity index (χ1n) is 44.6. The van der Waals surface area contributed by atoms with E-state index in [-0.39, 0.29) is 123 Å². The second kappa shape index (κ2) is 42.5. The van der Waals surface area contributed by atoms with Crippen molar-refractivity contribution in [2.75, 3.05) is 95.5 Å². The van der Waals surface area contributed by atoms with Gasteiger partial charge in [-0.2, -0.15) is 0 Å². The van der Waals surface area contributed by atoms with E-state index in [1.165, 1.54) is 42.7 Å². The lowest BCUT2D eigenvalue weighted by Gasteiger charge is -2.48. The zero-order valence-corrected chi connectivity index (χ0v) is 78.5. The van der Waals surface area contributed by atoms with Crippen LogP contribution in [0.25, 0.3) is 50.4 Å². The largest absolute Gasteiger partial charge is 0.481 e. The predicted molar refractivity (Wildman–Crippen MR) is 490 cm³/mol. The minimum Gasteiger partial charge on any atom is -0.481 e. The molecule has 0 spiro atoms. The number of ether oxygens (including phenoxy) is 11. The van der Waals surface area contributed by atoms with E-state index in [2.05, 4.69) is 38.8 Å². The zero-order chi connectivity index (χ0) is 94.5. The van der Waals surface area contributed by atoms with Crippen molar-refractivity contribution in [3.05, 3.63) is 135 Å². The molecule has 700 valence electrons. The Morgan fingerprint density at radius 1 is 0.523 bits per heavy atom. The molecule has 0 aliphatic carbocycles. The quantitative estimate of drug-likeness (QED) is 0.0182. The molecule has 0 amide bonds. The fourth-order valence-electron chi connectivity index (χ4n) is 20.1. The first-order chi connectivity index (χ1) is 61.9. The average Bonchev–Trinajstić information content (AvgIpc) is 1.52. The van der Waals surface area contributed by atoms with Crippen LogP contribution in [-0.2, 0) is 115 Å². The van der Waals surface area contributed by atoms with Crippen molar-refractivity contribution in [1.29, 1.82) is 0 Å². The lowest BCUT2D eigenvalue weighted by molar-refractivity contribution is -0.147. The molecule has 7 aliphatic heterocycles. The number of rotatable bonds is 42. The number of methoxy groups -OCH3 is 6. The molecular formula is C98H127N11O21. The predicted octanol–water partition coefficient (Wildman–Crippen LogP) is 14.2. The van der Waals surface area contributed by atoms with E-state index in [9.17, 15) is 48.3 Å². The summed E-state index contributed by atoms with van der Waals surface area (Å²) >= 11 is 0.